The summed E-state index contributed by atoms with van der Waals surface area (Å²) in [7, 11) is 0. The van der Waals surface area contributed by atoms with Gasteiger partial charge in [0.25, 0.3) is 0 Å². The summed E-state index contributed by atoms with van der Waals surface area (Å²) in [5.74, 6) is 2.32. The number of nitrogens with two attached hydrogens (primary N) is 1. The van der Waals surface area contributed by atoms with Crippen molar-refractivity contribution in [2.24, 2.45) is 5.73 Å². The highest BCUT2D eigenvalue weighted by Crippen LogP contribution is 2.26. The Kier molecular flexibility index (Phi) is 4.06. The van der Waals surface area contributed by atoms with Gasteiger partial charge in [-0.1, -0.05) is 13.8 Å². The van der Waals surface area contributed by atoms with Gasteiger partial charge in [0.2, 0.25) is 0 Å². The Balaban J connectivity index is 2.33. The summed E-state index contributed by atoms with van der Waals surface area (Å²) in [5, 5.41) is 0. The smallest absolute Gasteiger partial charge is 0.168 e. The van der Waals surface area contributed by atoms with Crippen molar-refractivity contribution in [1.29, 1.82) is 0 Å². The van der Waals surface area contributed by atoms with Gasteiger partial charge in [0.05, 0.1) is 11.9 Å². The molecule has 2 heterocycles. The van der Waals surface area contributed by atoms with Crippen molar-refractivity contribution in [3.63, 3.8) is 0 Å². The minimum atomic E-state index is 0.263. The SMILES string of the molecule is Cc1ncccc1Oc1cnc(C(C)C)nc1CN. The number of aromatic nitrogens is 3. The largest absolute Gasteiger partial charge is 0.452 e. The van der Waals surface area contributed by atoms with Gasteiger partial charge in [0, 0.05) is 18.7 Å². The number of hydrogen-bond acceptors (Lipinski definition) is 5. The monoisotopic (exact) mass is 258 g/mol. The van der Waals surface area contributed by atoms with Crippen LogP contribution in [0.1, 0.15) is 37.0 Å². The molecule has 5 heteroatoms. The zero-order valence-electron chi connectivity index (χ0n) is 11.4. The van der Waals surface area contributed by atoms with E-state index in [2.05, 4.69) is 15.0 Å². The maximum Gasteiger partial charge on any atom is 0.168 e. The van der Waals surface area contributed by atoms with Gasteiger partial charge < -0.3 is 10.5 Å². The lowest BCUT2D eigenvalue weighted by atomic mass is 10.2. The molecule has 0 radical (unpaired) electrons. The molecular weight excluding hydrogens is 240 g/mol. The van der Waals surface area contributed by atoms with E-state index in [0.717, 1.165) is 11.5 Å². The summed E-state index contributed by atoms with van der Waals surface area (Å²) in [5.41, 5.74) is 7.25. The van der Waals surface area contributed by atoms with E-state index in [4.69, 9.17) is 10.5 Å². The molecule has 0 unspecified atom stereocenters. The third-order valence-electron chi connectivity index (χ3n) is 2.74. The van der Waals surface area contributed by atoms with Crippen LogP contribution >= 0.6 is 0 Å². The molecule has 0 aliphatic carbocycles. The van der Waals surface area contributed by atoms with Gasteiger partial charge in [-0.15, -0.1) is 0 Å². The van der Waals surface area contributed by atoms with E-state index >= 15 is 0 Å². The molecule has 0 amide bonds. The van der Waals surface area contributed by atoms with Crippen LogP contribution in [0.5, 0.6) is 11.5 Å². The van der Waals surface area contributed by atoms with Crippen molar-refractivity contribution in [3.05, 3.63) is 41.7 Å². The van der Waals surface area contributed by atoms with E-state index in [1.807, 2.05) is 32.9 Å². The number of hydrogen-bond donors (Lipinski definition) is 1. The van der Waals surface area contributed by atoms with Crippen LogP contribution < -0.4 is 10.5 Å². The Morgan fingerprint density at radius 3 is 2.68 bits per heavy atom. The molecule has 2 aromatic rings. The molecule has 2 N–H and O–H groups in total. The molecule has 0 saturated heterocycles. The highest BCUT2D eigenvalue weighted by Gasteiger charge is 2.11. The molecule has 0 bridgehead atoms. The third kappa shape index (κ3) is 3.06. The predicted molar refractivity (Wildman–Crippen MR) is 73.1 cm³/mol. The average Bonchev–Trinajstić information content (AvgIpc) is 2.41. The van der Waals surface area contributed by atoms with Gasteiger partial charge in [-0.2, -0.15) is 0 Å². The van der Waals surface area contributed by atoms with Crippen LogP contribution in [-0.4, -0.2) is 15.0 Å². The molecule has 19 heavy (non-hydrogen) atoms. The fourth-order valence-electron chi connectivity index (χ4n) is 1.63. The van der Waals surface area contributed by atoms with E-state index in [1.54, 1.807) is 12.4 Å². The molecule has 0 aromatic carbocycles. The van der Waals surface area contributed by atoms with Crippen LogP contribution in [0, 0.1) is 6.92 Å². The van der Waals surface area contributed by atoms with Crippen molar-refractivity contribution in [2.75, 3.05) is 0 Å². The fraction of sp³-hybridized carbons (Fsp3) is 0.357. The van der Waals surface area contributed by atoms with Crippen LogP contribution in [0.2, 0.25) is 0 Å². The first-order valence-corrected chi connectivity index (χ1v) is 6.27. The van der Waals surface area contributed by atoms with E-state index in [1.165, 1.54) is 0 Å². The maximum absolute atomic E-state index is 5.80. The highest BCUT2D eigenvalue weighted by molar-refractivity contribution is 5.34. The number of nitrogens with zero attached hydrogens (tertiary/aromatic N) is 3. The average molecular weight is 258 g/mol. The lowest BCUT2D eigenvalue weighted by Gasteiger charge is -2.12. The van der Waals surface area contributed by atoms with Crippen molar-refractivity contribution in [2.45, 2.75) is 33.2 Å². The van der Waals surface area contributed by atoms with Crippen LogP contribution in [0.15, 0.2) is 24.5 Å². The summed E-state index contributed by atoms with van der Waals surface area (Å²) in [6, 6.07) is 3.69. The molecule has 5 nitrogen and oxygen atoms in total. The first-order chi connectivity index (χ1) is 9.11. The number of rotatable bonds is 4. The first-order valence-electron chi connectivity index (χ1n) is 6.27. The van der Waals surface area contributed by atoms with E-state index in [0.29, 0.717) is 23.7 Å². The minimum absolute atomic E-state index is 0.263. The number of aryl methyl sites for hydroxylation is 1. The second-order valence-electron chi connectivity index (χ2n) is 4.59. The molecule has 2 aromatic heterocycles. The summed E-state index contributed by atoms with van der Waals surface area (Å²) >= 11 is 0. The molecule has 2 rings (SSSR count). The quantitative estimate of drug-likeness (QED) is 0.912. The molecule has 0 saturated carbocycles. The molecule has 0 spiro atoms. The number of ether oxygens (including phenoxy) is 1. The van der Waals surface area contributed by atoms with Crippen molar-refractivity contribution in [3.8, 4) is 11.5 Å². The second kappa shape index (κ2) is 5.75. The van der Waals surface area contributed by atoms with E-state index < -0.39 is 0 Å². The fourth-order valence-corrected chi connectivity index (χ4v) is 1.63. The Bertz CT molecular complexity index is 569. The molecule has 0 aliphatic rings. The zero-order chi connectivity index (χ0) is 13.8. The van der Waals surface area contributed by atoms with Crippen molar-refractivity contribution >= 4 is 0 Å². The summed E-state index contributed by atoms with van der Waals surface area (Å²) in [4.78, 5) is 12.9. The van der Waals surface area contributed by atoms with Crippen molar-refractivity contribution < 1.29 is 4.74 Å². The molecule has 0 aliphatic heterocycles. The van der Waals surface area contributed by atoms with Gasteiger partial charge in [0.15, 0.2) is 5.75 Å². The molecule has 0 fully saturated rings. The Morgan fingerprint density at radius 1 is 1.26 bits per heavy atom. The number of pyridine rings is 1. The second-order valence-corrected chi connectivity index (χ2v) is 4.59. The zero-order valence-corrected chi connectivity index (χ0v) is 11.4. The molecular formula is C14H18N4O. The normalized spacial score (nSPS) is 10.8. The Hall–Kier alpha value is -2.01. The van der Waals surface area contributed by atoms with Crippen LogP contribution in [-0.2, 0) is 6.54 Å². The summed E-state index contributed by atoms with van der Waals surface area (Å²) < 4.78 is 5.80. The Labute approximate surface area is 112 Å². The summed E-state index contributed by atoms with van der Waals surface area (Å²) in [6.07, 6.45) is 3.40. The third-order valence-corrected chi connectivity index (χ3v) is 2.74. The minimum Gasteiger partial charge on any atom is -0.452 e. The molecule has 100 valence electrons. The molecule has 0 atom stereocenters. The van der Waals surface area contributed by atoms with Crippen LogP contribution in [0.3, 0.4) is 0 Å². The maximum atomic E-state index is 5.80. The topological polar surface area (TPSA) is 73.9 Å². The van der Waals surface area contributed by atoms with Gasteiger partial charge in [-0.25, -0.2) is 9.97 Å². The predicted octanol–water partition coefficient (Wildman–Crippen LogP) is 2.55. The first kappa shape index (κ1) is 13.4. The summed E-state index contributed by atoms with van der Waals surface area (Å²) in [6.45, 7) is 6.29. The lowest BCUT2D eigenvalue weighted by molar-refractivity contribution is 0.461. The standard InChI is InChI=1S/C14H18N4O/c1-9(2)14-17-8-13(11(7-15)18-14)19-12-5-4-6-16-10(12)3/h4-6,8-9H,7,15H2,1-3H3. The van der Waals surface area contributed by atoms with Crippen LogP contribution in [0.25, 0.3) is 0 Å². The van der Waals surface area contributed by atoms with Crippen molar-refractivity contribution in [1.82, 2.24) is 15.0 Å². The Morgan fingerprint density at radius 2 is 2.05 bits per heavy atom. The highest BCUT2D eigenvalue weighted by atomic mass is 16.5. The van der Waals surface area contributed by atoms with Crippen LogP contribution in [0.4, 0.5) is 0 Å². The van der Waals surface area contributed by atoms with E-state index in [9.17, 15) is 0 Å². The van der Waals surface area contributed by atoms with E-state index in [-0.39, 0.29) is 5.92 Å². The van der Waals surface area contributed by atoms with Gasteiger partial charge in [0.1, 0.15) is 17.3 Å². The van der Waals surface area contributed by atoms with Gasteiger partial charge in [-0.05, 0) is 19.1 Å². The van der Waals surface area contributed by atoms with Gasteiger partial charge in [-0.3, -0.25) is 4.98 Å². The lowest BCUT2D eigenvalue weighted by Crippen LogP contribution is -2.08. The van der Waals surface area contributed by atoms with Gasteiger partial charge >= 0.3 is 0 Å².